The predicted molar refractivity (Wildman–Crippen MR) is 210 cm³/mol. The predicted octanol–water partition coefficient (Wildman–Crippen LogP) is 5.93. The maximum absolute atomic E-state index is 14.9. The SMILES string of the molecule is CCCC[C@H]1CCC[C@H](OC2CCC(N(C)C)C(C)O2)[C@@H](C)C(=O)C2C[C@@H]3[C@@H](CCC4(OC)C[C@@H](OC5OC(C)C(OC)C(OC)C5CO)C[C@@H]34)[C@@H]2CC(=O)O1. The molecule has 6 fully saturated rings. The number of carbonyl (C=O) groups is 2. The first-order chi connectivity index (χ1) is 26.9. The van der Waals surface area contributed by atoms with E-state index in [9.17, 15) is 14.7 Å². The van der Waals surface area contributed by atoms with Crippen LogP contribution in [0.15, 0.2) is 0 Å². The van der Waals surface area contributed by atoms with Crippen LogP contribution in [0.3, 0.4) is 0 Å². The van der Waals surface area contributed by atoms with Gasteiger partial charge in [0.1, 0.15) is 18.0 Å². The van der Waals surface area contributed by atoms with Gasteiger partial charge in [0.2, 0.25) is 0 Å². The van der Waals surface area contributed by atoms with Gasteiger partial charge in [0.15, 0.2) is 12.6 Å². The molecule has 18 atom stereocenters. The van der Waals surface area contributed by atoms with Gasteiger partial charge in [-0.2, -0.15) is 0 Å². The van der Waals surface area contributed by atoms with Gasteiger partial charge in [-0.1, -0.05) is 26.7 Å². The van der Waals surface area contributed by atoms with E-state index in [1.54, 1.807) is 14.2 Å². The van der Waals surface area contributed by atoms with Gasteiger partial charge in [0, 0.05) is 52.0 Å². The Balaban J connectivity index is 1.23. The van der Waals surface area contributed by atoms with Crippen LogP contribution >= 0.6 is 0 Å². The topological polar surface area (TPSA) is 131 Å². The summed E-state index contributed by atoms with van der Waals surface area (Å²) >= 11 is 0. The van der Waals surface area contributed by atoms with Crippen molar-refractivity contribution in [3.8, 4) is 0 Å². The average Bonchev–Trinajstić information content (AvgIpc) is 3.73. The molecule has 3 aliphatic carbocycles. The van der Waals surface area contributed by atoms with Crippen LogP contribution in [0.4, 0.5) is 0 Å². The highest BCUT2D eigenvalue weighted by atomic mass is 16.7. The second-order valence-corrected chi connectivity index (χ2v) is 18.5. The molecule has 0 amide bonds. The number of carbonyl (C=O) groups excluding carboxylic acids is 2. The highest BCUT2D eigenvalue weighted by molar-refractivity contribution is 5.85. The minimum absolute atomic E-state index is 0.0349. The Labute approximate surface area is 336 Å². The van der Waals surface area contributed by atoms with Crippen molar-refractivity contribution in [2.24, 2.45) is 41.4 Å². The lowest BCUT2D eigenvalue weighted by molar-refractivity contribution is -0.300. The number of aliphatic hydroxyl groups is 1. The molecule has 10 unspecified atom stereocenters. The van der Waals surface area contributed by atoms with E-state index in [0.29, 0.717) is 12.5 Å². The summed E-state index contributed by atoms with van der Waals surface area (Å²) in [7, 11) is 9.28. The molecular formula is C44H75NO11. The van der Waals surface area contributed by atoms with E-state index in [0.717, 1.165) is 77.0 Å². The summed E-state index contributed by atoms with van der Waals surface area (Å²) in [5.41, 5.74) is -0.398. The van der Waals surface area contributed by atoms with Crippen molar-refractivity contribution in [2.75, 3.05) is 42.0 Å². The van der Waals surface area contributed by atoms with Crippen molar-refractivity contribution in [1.29, 1.82) is 0 Å². The second kappa shape index (κ2) is 19.4. The van der Waals surface area contributed by atoms with Gasteiger partial charge in [-0.25, -0.2) is 0 Å². The van der Waals surface area contributed by atoms with Crippen molar-refractivity contribution in [3.05, 3.63) is 0 Å². The van der Waals surface area contributed by atoms with E-state index in [4.69, 9.17) is 37.9 Å². The summed E-state index contributed by atoms with van der Waals surface area (Å²) in [5, 5.41) is 10.5. The number of methoxy groups -OCH3 is 3. The molecule has 0 aromatic rings. The number of Topliss-reactive ketones (excluding diaryl/α,β-unsaturated/α-hetero) is 1. The Morgan fingerprint density at radius 2 is 1.64 bits per heavy atom. The fourth-order valence-electron chi connectivity index (χ4n) is 12.3. The fourth-order valence-corrected chi connectivity index (χ4v) is 12.3. The molecule has 12 heteroatoms. The maximum atomic E-state index is 14.9. The molecule has 0 spiro atoms. The van der Waals surface area contributed by atoms with Crippen LogP contribution in [0.25, 0.3) is 0 Å². The lowest BCUT2D eigenvalue weighted by atomic mass is 9.65. The number of ether oxygens (including phenoxy) is 8. The lowest BCUT2D eigenvalue weighted by Gasteiger charge is -2.46. The Hall–Kier alpha value is -1.22. The zero-order valence-electron chi connectivity index (χ0n) is 35.9. The van der Waals surface area contributed by atoms with Crippen LogP contribution < -0.4 is 0 Å². The molecule has 3 aliphatic heterocycles. The van der Waals surface area contributed by atoms with Crippen LogP contribution in [0.5, 0.6) is 0 Å². The average molecular weight is 794 g/mol. The Bertz CT molecular complexity index is 1290. The van der Waals surface area contributed by atoms with Gasteiger partial charge < -0.3 is 47.9 Å². The van der Waals surface area contributed by atoms with Crippen molar-refractivity contribution in [1.82, 2.24) is 4.90 Å². The first-order valence-electron chi connectivity index (χ1n) is 22.1. The van der Waals surface area contributed by atoms with Crippen LogP contribution in [0, 0.1) is 41.4 Å². The van der Waals surface area contributed by atoms with Gasteiger partial charge in [-0.3, -0.25) is 9.59 Å². The number of esters is 1. The zero-order valence-corrected chi connectivity index (χ0v) is 35.9. The van der Waals surface area contributed by atoms with Crippen molar-refractivity contribution < 1.29 is 52.6 Å². The molecule has 322 valence electrons. The highest BCUT2D eigenvalue weighted by Crippen LogP contribution is 2.62. The van der Waals surface area contributed by atoms with Gasteiger partial charge in [-0.05, 0) is 116 Å². The van der Waals surface area contributed by atoms with Crippen molar-refractivity contribution >= 4 is 11.8 Å². The number of hydrogen-bond acceptors (Lipinski definition) is 12. The Morgan fingerprint density at radius 3 is 2.30 bits per heavy atom. The molecular weight excluding hydrogens is 718 g/mol. The molecule has 0 aromatic heterocycles. The number of ketones is 1. The van der Waals surface area contributed by atoms with Crippen molar-refractivity contribution in [3.63, 3.8) is 0 Å². The second-order valence-electron chi connectivity index (χ2n) is 18.5. The standard InChI is InChI=1S/C44H75NO11/c1-10-11-13-28-14-12-15-37(56-39-17-16-36(45(5)6)26(3)52-39)25(2)40(48)33-21-32-30(31(33)22-38(47)54-28)18-19-44(51-9)23-29(20-35(32)44)55-43-34(24-46)42(50-8)41(49-7)27(4)53-43/h25-37,39,41-43,46H,10-24H2,1-9H3/t25-,26?,27?,28+,29+,30+,31+,32-,33?,34?,35+,36?,37+,39?,41?,42?,43?,44?/m1/s1. The molecule has 3 saturated heterocycles. The maximum Gasteiger partial charge on any atom is 0.306 e. The number of likely N-dealkylation sites (N-methyl/N-ethyl adjacent to an activating group) is 1. The highest BCUT2D eigenvalue weighted by Gasteiger charge is 2.62. The molecule has 12 nitrogen and oxygen atoms in total. The van der Waals surface area contributed by atoms with E-state index in [1.807, 2.05) is 14.0 Å². The number of hydrogen-bond donors (Lipinski definition) is 1. The summed E-state index contributed by atoms with van der Waals surface area (Å²) in [6.45, 7) is 8.15. The van der Waals surface area contributed by atoms with Gasteiger partial charge in [-0.15, -0.1) is 0 Å². The zero-order chi connectivity index (χ0) is 40.3. The minimum Gasteiger partial charge on any atom is -0.462 e. The van der Waals surface area contributed by atoms with Crippen LogP contribution in [0.1, 0.15) is 118 Å². The number of rotatable bonds is 12. The third kappa shape index (κ3) is 9.24. The molecule has 0 aromatic carbocycles. The number of nitrogens with zero attached hydrogens (tertiary/aromatic N) is 1. The number of aliphatic hydroxyl groups excluding tert-OH is 1. The number of cyclic esters (lactones) is 1. The smallest absolute Gasteiger partial charge is 0.306 e. The lowest BCUT2D eigenvalue weighted by Crippen LogP contribution is -2.57. The quantitative estimate of drug-likeness (QED) is 0.235. The van der Waals surface area contributed by atoms with Gasteiger partial charge in [0.05, 0.1) is 48.6 Å². The Morgan fingerprint density at radius 1 is 0.875 bits per heavy atom. The molecule has 1 N–H and O–H groups in total. The Kier molecular flexibility index (Phi) is 15.4. The normalized spacial score (nSPS) is 46.4. The third-order valence-corrected chi connectivity index (χ3v) is 15.3. The third-order valence-electron chi connectivity index (χ3n) is 15.3. The molecule has 0 radical (unpaired) electrons. The summed E-state index contributed by atoms with van der Waals surface area (Å²) < 4.78 is 50.7. The molecule has 3 saturated carbocycles. The largest absolute Gasteiger partial charge is 0.462 e. The molecule has 6 rings (SSSR count). The van der Waals surface area contributed by atoms with Gasteiger partial charge >= 0.3 is 5.97 Å². The molecule has 56 heavy (non-hydrogen) atoms. The summed E-state index contributed by atoms with van der Waals surface area (Å²) in [6, 6.07) is 0.335. The summed E-state index contributed by atoms with van der Waals surface area (Å²) in [5.74, 6) is -0.477. The number of fused-ring (bicyclic) bond motifs is 5. The monoisotopic (exact) mass is 794 g/mol. The van der Waals surface area contributed by atoms with E-state index in [2.05, 4.69) is 39.8 Å². The van der Waals surface area contributed by atoms with E-state index >= 15 is 0 Å². The van der Waals surface area contributed by atoms with Crippen LogP contribution in [-0.4, -0.2) is 131 Å². The van der Waals surface area contributed by atoms with Crippen molar-refractivity contribution in [2.45, 2.75) is 185 Å². The molecule has 0 bridgehead atoms. The van der Waals surface area contributed by atoms with Crippen LogP contribution in [0.2, 0.25) is 0 Å². The summed E-state index contributed by atoms with van der Waals surface area (Å²) in [4.78, 5) is 31.0. The van der Waals surface area contributed by atoms with E-state index < -0.39 is 17.8 Å². The first kappa shape index (κ1) is 44.3. The molecule has 3 heterocycles. The molecule has 6 aliphatic rings. The van der Waals surface area contributed by atoms with E-state index in [-0.39, 0.29) is 109 Å². The first-order valence-corrected chi connectivity index (χ1v) is 22.1. The summed E-state index contributed by atoms with van der Waals surface area (Å²) in [6.07, 6.45) is 8.71. The minimum atomic E-state index is -0.653. The van der Waals surface area contributed by atoms with Gasteiger partial charge in [0.25, 0.3) is 0 Å². The number of unbranched alkanes of at least 4 members (excludes halogenated alkanes) is 1. The van der Waals surface area contributed by atoms with Crippen LogP contribution in [-0.2, 0) is 47.5 Å². The van der Waals surface area contributed by atoms with E-state index in [1.165, 1.54) is 0 Å². The fraction of sp³-hybridized carbons (Fsp3) is 0.955.